The van der Waals surface area contributed by atoms with E-state index in [1.807, 2.05) is 12.1 Å². The fourth-order valence-corrected chi connectivity index (χ4v) is 16.6. The van der Waals surface area contributed by atoms with Crippen molar-refractivity contribution in [1.82, 2.24) is 0 Å². The molecule has 2 fully saturated rings. The van der Waals surface area contributed by atoms with E-state index in [1.54, 1.807) is 13.0 Å². The number of fused-ring (bicyclic) bond motifs is 11. The summed E-state index contributed by atoms with van der Waals surface area (Å²) >= 11 is 0. The first-order valence-electron chi connectivity index (χ1n) is 29.5. The van der Waals surface area contributed by atoms with Gasteiger partial charge in [-0.1, -0.05) is 121 Å². The van der Waals surface area contributed by atoms with Gasteiger partial charge in [-0.3, -0.25) is 4.79 Å². The molecule has 11 unspecified atom stereocenters. The zero-order valence-corrected chi connectivity index (χ0v) is 46.3. The molecule has 11 atom stereocenters. The van der Waals surface area contributed by atoms with Gasteiger partial charge < -0.3 is 38.7 Å². The Morgan fingerprint density at radius 3 is 2.46 bits per heavy atom. The third kappa shape index (κ3) is 9.23. The van der Waals surface area contributed by atoms with E-state index in [-0.39, 0.29) is 90.3 Å². The number of hydrogen-bond donors (Lipinski definition) is 3. The standard InChI is InChI=1S/C70H72O11/c1-41(38-72)52-21-18-44-16-17-49-34-48(44)26-30-69-28-9-29-70(60(69)37-56-54-15-7-6-13-45(54)20-24-58(56)69)66(80-67(52)75)65(63-59(81-70)25-23-55-57(39-73)62(68(76)79-64(55)63)50(27-31-71)40-77-2)78-61(74)36-51-35-47(19-22-53(49)51)46-14-8-12-43(33-46)32-42-10-4-3-5-11-42/h3-8,10-17,19-20,22-25,33-34,47,50-51,53,56,58,60,65-66,71-73H,9,18,21,26-32,35-40H2,1-2H3. The quantitative estimate of drug-likeness (QED) is 0.0518. The number of carbonyl (C=O) groups excluding carboxylic acids is 2. The Balaban J connectivity index is 1.04. The van der Waals surface area contributed by atoms with Crippen molar-refractivity contribution < 1.29 is 48.3 Å². The van der Waals surface area contributed by atoms with E-state index in [0.29, 0.717) is 53.5 Å². The monoisotopic (exact) mass is 1090 g/mol. The Bertz CT molecular complexity index is 3570. The van der Waals surface area contributed by atoms with Crippen LogP contribution in [0.25, 0.3) is 17.0 Å². The number of esters is 2. The zero-order valence-electron chi connectivity index (χ0n) is 46.3. The summed E-state index contributed by atoms with van der Waals surface area (Å²) in [6, 6.07) is 38.4. The maximum Gasteiger partial charge on any atom is 0.340 e. The molecule has 6 bridgehead atoms. The van der Waals surface area contributed by atoms with E-state index >= 15 is 9.59 Å². The first-order valence-corrected chi connectivity index (χ1v) is 29.5. The van der Waals surface area contributed by atoms with Crippen LogP contribution in [0.4, 0.5) is 0 Å². The molecule has 11 heteroatoms. The van der Waals surface area contributed by atoms with E-state index in [2.05, 4.69) is 115 Å². The molecule has 6 aromatic rings. The summed E-state index contributed by atoms with van der Waals surface area (Å²) in [7, 11) is 1.52. The Kier molecular flexibility index (Phi) is 14.4. The summed E-state index contributed by atoms with van der Waals surface area (Å²) in [5.74, 6) is -1.68. The van der Waals surface area contributed by atoms with Crippen molar-refractivity contribution in [3.63, 3.8) is 0 Å². The van der Waals surface area contributed by atoms with Crippen LogP contribution in [-0.4, -0.2) is 65.9 Å². The minimum Gasteiger partial charge on any atom is -0.482 e. The van der Waals surface area contributed by atoms with Crippen molar-refractivity contribution in [1.29, 1.82) is 0 Å². The normalized spacial score (nSPS) is 29.1. The molecular weight excluding hydrogens is 1020 g/mol. The third-order valence-electron chi connectivity index (χ3n) is 20.2. The van der Waals surface area contributed by atoms with E-state index < -0.39 is 47.9 Å². The summed E-state index contributed by atoms with van der Waals surface area (Å²) in [6.45, 7) is 0.725. The van der Waals surface area contributed by atoms with E-state index in [1.165, 1.54) is 40.5 Å². The van der Waals surface area contributed by atoms with Crippen LogP contribution >= 0.6 is 0 Å². The predicted octanol–water partition coefficient (Wildman–Crippen LogP) is 12.0. The van der Waals surface area contributed by atoms with Crippen LogP contribution < -0.4 is 10.4 Å². The van der Waals surface area contributed by atoms with Crippen LogP contribution in [-0.2, 0) is 49.7 Å². The highest BCUT2D eigenvalue weighted by molar-refractivity contribution is 5.90. The molecule has 3 aliphatic heterocycles. The number of benzene rings is 5. The van der Waals surface area contributed by atoms with Gasteiger partial charge in [0.05, 0.1) is 25.4 Å². The Labute approximate surface area is 473 Å². The topological polar surface area (TPSA) is 162 Å². The molecule has 11 nitrogen and oxygen atoms in total. The molecule has 4 aliphatic carbocycles. The summed E-state index contributed by atoms with van der Waals surface area (Å²) in [4.78, 5) is 46.1. The van der Waals surface area contributed by atoms with Gasteiger partial charge in [-0.05, 0) is 168 Å². The van der Waals surface area contributed by atoms with Crippen molar-refractivity contribution in [2.75, 3.05) is 26.9 Å². The summed E-state index contributed by atoms with van der Waals surface area (Å²) in [5, 5.41) is 32.7. The lowest BCUT2D eigenvalue weighted by Crippen LogP contribution is -2.65. The van der Waals surface area contributed by atoms with Crippen LogP contribution in [0.1, 0.15) is 156 Å². The Morgan fingerprint density at radius 1 is 0.790 bits per heavy atom. The number of aliphatic hydroxyl groups excluding tert-OH is 3. The van der Waals surface area contributed by atoms with E-state index in [9.17, 15) is 20.1 Å². The van der Waals surface area contributed by atoms with Gasteiger partial charge in [-0.25, -0.2) is 9.59 Å². The summed E-state index contributed by atoms with van der Waals surface area (Å²) < 4.78 is 34.2. The molecule has 1 spiro atoms. The van der Waals surface area contributed by atoms with Gasteiger partial charge in [0.1, 0.15) is 11.3 Å². The second-order valence-electron chi connectivity index (χ2n) is 24.3. The lowest BCUT2D eigenvalue weighted by atomic mass is 9.53. The second kappa shape index (κ2) is 21.8. The largest absolute Gasteiger partial charge is 0.482 e. The number of aryl methyl sites for hydroxylation is 2. The number of rotatable bonds is 10. The highest BCUT2D eigenvalue weighted by Crippen LogP contribution is 2.70. The van der Waals surface area contributed by atoms with E-state index in [0.717, 1.165) is 49.7 Å². The van der Waals surface area contributed by atoms with E-state index in [4.69, 9.17) is 23.4 Å². The Hall–Kier alpha value is -6.89. The molecule has 7 aliphatic rings. The summed E-state index contributed by atoms with van der Waals surface area (Å²) in [6.07, 6.45) is 13.7. The molecule has 81 heavy (non-hydrogen) atoms. The fraction of sp³-hybridized carbons (Fsp3) is 0.414. The highest BCUT2D eigenvalue weighted by Gasteiger charge is 2.70. The van der Waals surface area contributed by atoms with Crippen LogP contribution in [0.15, 0.2) is 148 Å². The number of ether oxygens (including phenoxy) is 4. The number of hydrogen-bond acceptors (Lipinski definition) is 11. The van der Waals surface area contributed by atoms with Crippen molar-refractivity contribution in [3.8, 4) is 5.75 Å². The molecule has 0 radical (unpaired) electrons. The minimum absolute atomic E-state index is 0.0124. The molecule has 0 saturated heterocycles. The first-order chi connectivity index (χ1) is 39.5. The number of carbonyl (C=O) groups is 2. The van der Waals surface area contributed by atoms with Gasteiger partial charge in [-0.15, -0.1) is 0 Å². The minimum atomic E-state index is -1.34. The lowest BCUT2D eigenvalue weighted by Gasteiger charge is -2.58. The lowest BCUT2D eigenvalue weighted by molar-refractivity contribution is -0.221. The average molecular weight is 1090 g/mol. The van der Waals surface area contributed by atoms with Crippen molar-refractivity contribution in [2.45, 2.75) is 132 Å². The molecule has 3 N–H and O–H groups in total. The maximum absolute atomic E-state index is 15.8. The van der Waals surface area contributed by atoms with Gasteiger partial charge in [0.25, 0.3) is 0 Å². The van der Waals surface area contributed by atoms with Gasteiger partial charge >= 0.3 is 17.6 Å². The first kappa shape index (κ1) is 53.4. The second-order valence-corrected chi connectivity index (χ2v) is 24.3. The predicted molar refractivity (Wildman–Crippen MR) is 309 cm³/mol. The van der Waals surface area contributed by atoms with Crippen LogP contribution in [0, 0.1) is 23.2 Å². The summed E-state index contributed by atoms with van der Waals surface area (Å²) in [5.41, 5.74) is 8.91. The highest BCUT2D eigenvalue weighted by atomic mass is 16.6. The molecule has 5 aromatic carbocycles. The number of allylic oxidation sites excluding steroid dienone is 3. The molecule has 0 amide bonds. The van der Waals surface area contributed by atoms with Crippen molar-refractivity contribution in [3.05, 3.63) is 210 Å². The molecule has 2 saturated carbocycles. The SMILES string of the molecule is COCC(CCO)c1c(CO)c2ccc3c(c2oc1=O)C1OC(=O)CC2CC(c4cccc(Cc5ccccc5)c4)C=CC2c2ccc4c(c2)CCC25CCCC(O3)(C1OC(=O)C(=C(C)CO)CC4)C2CC1c2ccccc2C=CC15. The molecule has 418 valence electrons. The van der Waals surface area contributed by atoms with Crippen molar-refractivity contribution >= 4 is 29.0 Å². The zero-order chi connectivity index (χ0) is 55.6. The third-order valence-corrected chi connectivity index (χ3v) is 20.2. The van der Waals surface area contributed by atoms with Crippen LogP contribution in [0.5, 0.6) is 5.75 Å². The van der Waals surface area contributed by atoms with Gasteiger partial charge in [0.2, 0.25) is 0 Å². The van der Waals surface area contributed by atoms with Gasteiger partial charge in [0, 0.05) is 60.3 Å². The molecule has 13 rings (SSSR count). The molecule has 1 aromatic heterocycles. The van der Waals surface area contributed by atoms with Gasteiger partial charge in [-0.2, -0.15) is 0 Å². The molecule has 4 heterocycles. The molecular formula is C70H72O11. The Morgan fingerprint density at radius 2 is 1.63 bits per heavy atom. The van der Waals surface area contributed by atoms with Crippen molar-refractivity contribution in [2.24, 2.45) is 23.2 Å². The van der Waals surface area contributed by atoms with Crippen LogP contribution in [0.3, 0.4) is 0 Å². The number of methoxy groups -OCH3 is 1. The van der Waals surface area contributed by atoms with Gasteiger partial charge in [0.15, 0.2) is 17.8 Å². The van der Waals surface area contributed by atoms with Crippen LogP contribution in [0.2, 0.25) is 0 Å². The smallest absolute Gasteiger partial charge is 0.340 e. The number of aliphatic hydroxyl groups is 3. The average Bonchev–Trinajstić information content (AvgIpc) is 3.87. The maximum atomic E-state index is 15.8. The fourth-order valence-electron chi connectivity index (χ4n) is 16.6.